The van der Waals surface area contributed by atoms with Crippen molar-refractivity contribution in [1.82, 2.24) is 0 Å². The summed E-state index contributed by atoms with van der Waals surface area (Å²) in [6.07, 6.45) is -1.38. The molecule has 0 amide bonds. The Bertz CT molecular complexity index is 780. The van der Waals surface area contributed by atoms with Crippen LogP contribution in [0.15, 0.2) is 46.9 Å². The second kappa shape index (κ2) is 4.68. The predicted octanol–water partition coefficient (Wildman–Crippen LogP) is 3.93. The molecular formula is C15H9F3O2. The van der Waals surface area contributed by atoms with Gasteiger partial charge in [0, 0.05) is 17.0 Å². The molecule has 0 fully saturated rings. The topological polar surface area (TPSA) is 33.4 Å². The van der Waals surface area contributed by atoms with Crippen molar-refractivity contribution in [1.29, 1.82) is 0 Å². The SMILES string of the molecule is OC(c1cc2cc(F)ccc2o1)c1ccc(F)cc1F. The summed E-state index contributed by atoms with van der Waals surface area (Å²) in [5.74, 6) is -1.97. The van der Waals surface area contributed by atoms with Crippen molar-refractivity contribution in [2.75, 3.05) is 0 Å². The molecule has 0 bridgehead atoms. The van der Waals surface area contributed by atoms with Crippen LogP contribution in [0.2, 0.25) is 0 Å². The largest absolute Gasteiger partial charge is 0.458 e. The molecule has 1 heterocycles. The molecule has 1 atom stereocenters. The van der Waals surface area contributed by atoms with Crippen molar-refractivity contribution in [2.45, 2.75) is 6.10 Å². The Labute approximate surface area is 112 Å². The van der Waals surface area contributed by atoms with Gasteiger partial charge in [0.2, 0.25) is 0 Å². The molecule has 5 heteroatoms. The van der Waals surface area contributed by atoms with Gasteiger partial charge in [-0.15, -0.1) is 0 Å². The van der Waals surface area contributed by atoms with E-state index in [1.165, 1.54) is 24.3 Å². The van der Waals surface area contributed by atoms with E-state index in [2.05, 4.69) is 0 Å². The van der Waals surface area contributed by atoms with Crippen LogP contribution in [0.5, 0.6) is 0 Å². The minimum atomic E-state index is -1.38. The van der Waals surface area contributed by atoms with Crippen LogP contribution in [0.1, 0.15) is 17.4 Å². The predicted molar refractivity (Wildman–Crippen MR) is 66.6 cm³/mol. The smallest absolute Gasteiger partial charge is 0.139 e. The first-order valence-corrected chi connectivity index (χ1v) is 5.86. The van der Waals surface area contributed by atoms with Gasteiger partial charge in [-0.3, -0.25) is 0 Å². The highest BCUT2D eigenvalue weighted by molar-refractivity contribution is 5.78. The number of fused-ring (bicyclic) bond motifs is 1. The van der Waals surface area contributed by atoms with Crippen molar-refractivity contribution >= 4 is 11.0 Å². The van der Waals surface area contributed by atoms with Gasteiger partial charge in [0.1, 0.15) is 34.9 Å². The van der Waals surface area contributed by atoms with Gasteiger partial charge >= 0.3 is 0 Å². The fourth-order valence-electron chi connectivity index (χ4n) is 2.05. The Hall–Kier alpha value is -2.27. The van der Waals surface area contributed by atoms with E-state index in [-0.39, 0.29) is 11.3 Å². The molecule has 0 aliphatic rings. The molecule has 1 N–H and O–H groups in total. The fraction of sp³-hybridized carbons (Fsp3) is 0.0667. The lowest BCUT2D eigenvalue weighted by Crippen LogP contribution is -2.01. The number of benzene rings is 2. The van der Waals surface area contributed by atoms with Crippen molar-refractivity contribution in [3.8, 4) is 0 Å². The maximum absolute atomic E-state index is 13.6. The zero-order valence-electron chi connectivity index (χ0n) is 10.1. The van der Waals surface area contributed by atoms with E-state index in [9.17, 15) is 18.3 Å². The first-order chi connectivity index (χ1) is 9.54. The van der Waals surface area contributed by atoms with E-state index in [4.69, 9.17) is 4.42 Å². The Morgan fingerprint density at radius 2 is 1.60 bits per heavy atom. The van der Waals surface area contributed by atoms with Crippen LogP contribution in [0, 0.1) is 17.5 Å². The lowest BCUT2D eigenvalue weighted by atomic mass is 10.1. The number of halogens is 3. The van der Waals surface area contributed by atoms with Crippen LogP contribution in [-0.4, -0.2) is 5.11 Å². The van der Waals surface area contributed by atoms with Gasteiger partial charge in [0.15, 0.2) is 0 Å². The highest BCUT2D eigenvalue weighted by Gasteiger charge is 2.19. The molecule has 1 unspecified atom stereocenters. The van der Waals surface area contributed by atoms with Gasteiger partial charge in [-0.05, 0) is 30.3 Å². The van der Waals surface area contributed by atoms with Crippen LogP contribution in [-0.2, 0) is 0 Å². The molecule has 0 radical (unpaired) electrons. The van der Waals surface area contributed by atoms with Gasteiger partial charge in [-0.25, -0.2) is 13.2 Å². The van der Waals surface area contributed by atoms with Crippen LogP contribution in [0.4, 0.5) is 13.2 Å². The number of hydrogen-bond acceptors (Lipinski definition) is 2. The standard InChI is InChI=1S/C15H9F3O2/c16-9-2-4-13-8(5-9)6-14(20-13)15(19)11-3-1-10(17)7-12(11)18/h1-7,15,19H. The van der Waals surface area contributed by atoms with E-state index in [1.807, 2.05) is 0 Å². The average molecular weight is 278 g/mol. The molecule has 3 aromatic rings. The normalized spacial score (nSPS) is 12.8. The summed E-state index contributed by atoms with van der Waals surface area (Å²) in [7, 11) is 0. The van der Waals surface area contributed by atoms with E-state index in [1.54, 1.807) is 0 Å². The van der Waals surface area contributed by atoms with Crippen molar-refractivity contribution < 1.29 is 22.7 Å². The van der Waals surface area contributed by atoms with Gasteiger partial charge in [-0.1, -0.05) is 6.07 Å². The van der Waals surface area contributed by atoms with Crippen LogP contribution in [0.25, 0.3) is 11.0 Å². The Kier molecular flexibility index (Phi) is 2.99. The van der Waals surface area contributed by atoms with Crippen molar-refractivity contribution in [2.24, 2.45) is 0 Å². The Morgan fingerprint density at radius 1 is 0.900 bits per heavy atom. The molecule has 0 spiro atoms. The van der Waals surface area contributed by atoms with Gasteiger partial charge < -0.3 is 9.52 Å². The maximum atomic E-state index is 13.6. The second-order valence-corrected chi connectivity index (χ2v) is 4.40. The van der Waals surface area contributed by atoms with Gasteiger partial charge in [-0.2, -0.15) is 0 Å². The molecule has 2 aromatic carbocycles. The van der Waals surface area contributed by atoms with E-state index >= 15 is 0 Å². The number of rotatable bonds is 2. The summed E-state index contributed by atoms with van der Waals surface area (Å²) >= 11 is 0. The zero-order chi connectivity index (χ0) is 14.3. The summed E-state index contributed by atoms with van der Waals surface area (Å²) in [5.41, 5.74) is 0.272. The number of aliphatic hydroxyl groups excluding tert-OH is 1. The molecule has 102 valence electrons. The molecular weight excluding hydrogens is 269 g/mol. The van der Waals surface area contributed by atoms with Crippen LogP contribution in [0.3, 0.4) is 0 Å². The maximum Gasteiger partial charge on any atom is 0.139 e. The zero-order valence-corrected chi connectivity index (χ0v) is 10.1. The lowest BCUT2D eigenvalue weighted by molar-refractivity contribution is 0.187. The molecule has 0 aliphatic carbocycles. The third kappa shape index (κ3) is 2.16. The molecule has 0 aliphatic heterocycles. The summed E-state index contributed by atoms with van der Waals surface area (Å²) in [6, 6.07) is 8.18. The molecule has 3 rings (SSSR count). The van der Waals surface area contributed by atoms with Gasteiger partial charge in [0.25, 0.3) is 0 Å². The Morgan fingerprint density at radius 3 is 2.35 bits per heavy atom. The van der Waals surface area contributed by atoms with Gasteiger partial charge in [0.05, 0.1) is 0 Å². The monoisotopic (exact) mass is 278 g/mol. The first-order valence-electron chi connectivity index (χ1n) is 5.86. The molecule has 0 saturated carbocycles. The second-order valence-electron chi connectivity index (χ2n) is 4.40. The minimum absolute atomic E-state index is 0.0658. The number of hydrogen-bond donors (Lipinski definition) is 1. The molecule has 1 aromatic heterocycles. The third-order valence-corrected chi connectivity index (χ3v) is 3.02. The third-order valence-electron chi connectivity index (χ3n) is 3.02. The fourth-order valence-corrected chi connectivity index (χ4v) is 2.05. The quantitative estimate of drug-likeness (QED) is 0.770. The van der Waals surface area contributed by atoms with Crippen molar-refractivity contribution in [3.05, 3.63) is 71.2 Å². The summed E-state index contributed by atoms with van der Waals surface area (Å²) < 4.78 is 44.9. The molecule has 0 saturated heterocycles. The van der Waals surface area contributed by atoms with E-state index < -0.39 is 23.6 Å². The molecule has 2 nitrogen and oxygen atoms in total. The van der Waals surface area contributed by atoms with Crippen LogP contribution >= 0.6 is 0 Å². The number of furan rings is 1. The summed E-state index contributed by atoms with van der Waals surface area (Å²) in [6.45, 7) is 0. The lowest BCUT2D eigenvalue weighted by Gasteiger charge is -2.08. The number of aliphatic hydroxyl groups is 1. The average Bonchev–Trinajstić information content (AvgIpc) is 2.81. The highest BCUT2D eigenvalue weighted by Crippen LogP contribution is 2.30. The highest BCUT2D eigenvalue weighted by atomic mass is 19.1. The van der Waals surface area contributed by atoms with Crippen molar-refractivity contribution in [3.63, 3.8) is 0 Å². The van der Waals surface area contributed by atoms with E-state index in [0.29, 0.717) is 17.0 Å². The minimum Gasteiger partial charge on any atom is -0.458 e. The summed E-state index contributed by atoms with van der Waals surface area (Å²) in [4.78, 5) is 0. The van der Waals surface area contributed by atoms with E-state index in [0.717, 1.165) is 12.1 Å². The van der Waals surface area contributed by atoms with Crippen LogP contribution < -0.4 is 0 Å². The first kappa shape index (κ1) is 12.7. The summed E-state index contributed by atoms with van der Waals surface area (Å²) in [5, 5.41) is 10.5. The Balaban J connectivity index is 2.05. The molecule has 20 heavy (non-hydrogen) atoms.